The van der Waals surface area contributed by atoms with Gasteiger partial charge in [0, 0.05) is 4.47 Å². The summed E-state index contributed by atoms with van der Waals surface area (Å²) in [7, 11) is 0. The van der Waals surface area contributed by atoms with E-state index in [-0.39, 0.29) is 11.8 Å². The molecule has 18 heavy (non-hydrogen) atoms. The summed E-state index contributed by atoms with van der Waals surface area (Å²) in [5, 5.41) is 11.7. The molecule has 0 saturated carbocycles. The van der Waals surface area contributed by atoms with E-state index in [1.54, 1.807) is 31.2 Å². The van der Waals surface area contributed by atoms with Crippen LogP contribution in [0.2, 0.25) is 0 Å². The van der Waals surface area contributed by atoms with Crippen LogP contribution in [0.15, 0.2) is 28.7 Å². The van der Waals surface area contributed by atoms with Crippen LogP contribution in [-0.2, 0) is 4.79 Å². The number of carboxylic acids is 1. The molecule has 1 amide bonds. The number of halogens is 1. The van der Waals surface area contributed by atoms with Crippen molar-refractivity contribution in [2.45, 2.75) is 26.3 Å². The molecule has 0 aliphatic rings. The lowest BCUT2D eigenvalue weighted by molar-refractivity contribution is -0.140. The molecule has 0 heterocycles. The fraction of sp³-hybridized carbons (Fsp3) is 0.385. The molecule has 2 atom stereocenters. The van der Waals surface area contributed by atoms with Gasteiger partial charge in [0.2, 0.25) is 0 Å². The van der Waals surface area contributed by atoms with Gasteiger partial charge >= 0.3 is 5.97 Å². The van der Waals surface area contributed by atoms with Gasteiger partial charge in [-0.3, -0.25) is 4.79 Å². The van der Waals surface area contributed by atoms with Crippen LogP contribution in [0.5, 0.6) is 0 Å². The first-order valence-electron chi connectivity index (χ1n) is 5.75. The van der Waals surface area contributed by atoms with Crippen molar-refractivity contribution in [3.8, 4) is 0 Å². The summed E-state index contributed by atoms with van der Waals surface area (Å²) in [6.07, 6.45) is 0.688. The lowest BCUT2D eigenvalue weighted by atomic mass is 9.99. The Balaban J connectivity index is 2.86. The minimum Gasteiger partial charge on any atom is -0.480 e. The van der Waals surface area contributed by atoms with E-state index in [0.717, 1.165) is 0 Å². The largest absolute Gasteiger partial charge is 0.480 e. The molecule has 0 radical (unpaired) electrons. The van der Waals surface area contributed by atoms with E-state index >= 15 is 0 Å². The smallest absolute Gasteiger partial charge is 0.326 e. The Hall–Kier alpha value is -1.36. The van der Waals surface area contributed by atoms with Crippen molar-refractivity contribution >= 4 is 27.8 Å². The second kappa shape index (κ2) is 6.54. The molecule has 1 aromatic carbocycles. The van der Waals surface area contributed by atoms with Crippen LogP contribution < -0.4 is 5.32 Å². The van der Waals surface area contributed by atoms with E-state index in [0.29, 0.717) is 16.5 Å². The summed E-state index contributed by atoms with van der Waals surface area (Å²) >= 11 is 3.27. The van der Waals surface area contributed by atoms with Crippen molar-refractivity contribution in [2.75, 3.05) is 0 Å². The zero-order valence-corrected chi connectivity index (χ0v) is 11.9. The van der Waals surface area contributed by atoms with Crippen LogP contribution in [0, 0.1) is 5.92 Å². The van der Waals surface area contributed by atoms with E-state index < -0.39 is 12.0 Å². The topological polar surface area (TPSA) is 66.4 Å². The standard InChI is InChI=1S/C13H16BrNO3/c1-3-8(2)11(13(17)18)15-12(16)9-6-4-5-7-10(9)14/h4-8,11H,3H2,1-2H3,(H,15,16)(H,17,18)/t8?,11-/m0/s1. The molecule has 4 nitrogen and oxygen atoms in total. The van der Waals surface area contributed by atoms with Crippen molar-refractivity contribution in [3.05, 3.63) is 34.3 Å². The number of hydrogen-bond acceptors (Lipinski definition) is 2. The van der Waals surface area contributed by atoms with Crippen LogP contribution >= 0.6 is 15.9 Å². The molecule has 0 aliphatic carbocycles. The van der Waals surface area contributed by atoms with Crippen LogP contribution in [-0.4, -0.2) is 23.0 Å². The third kappa shape index (κ3) is 3.57. The summed E-state index contributed by atoms with van der Waals surface area (Å²) in [5.41, 5.74) is 0.437. The maximum atomic E-state index is 12.0. The lowest BCUT2D eigenvalue weighted by Crippen LogP contribution is -2.45. The average molecular weight is 314 g/mol. The molecule has 98 valence electrons. The van der Waals surface area contributed by atoms with E-state index in [9.17, 15) is 9.59 Å². The molecule has 1 unspecified atom stereocenters. The Labute approximate surface area is 115 Å². The SMILES string of the molecule is CCC(C)[C@H](NC(=O)c1ccccc1Br)C(=O)O. The summed E-state index contributed by atoms with van der Waals surface area (Å²) in [4.78, 5) is 23.1. The molecule has 5 heteroatoms. The minimum absolute atomic E-state index is 0.117. The second-order valence-corrected chi connectivity index (χ2v) is 5.01. The van der Waals surface area contributed by atoms with Crippen LogP contribution in [0.1, 0.15) is 30.6 Å². The first kappa shape index (κ1) is 14.7. The van der Waals surface area contributed by atoms with Gasteiger partial charge in [-0.25, -0.2) is 4.79 Å². The number of carbonyl (C=O) groups is 2. The highest BCUT2D eigenvalue weighted by atomic mass is 79.9. The molecule has 0 aliphatic heterocycles. The highest BCUT2D eigenvalue weighted by Gasteiger charge is 2.26. The summed E-state index contributed by atoms with van der Waals surface area (Å²) in [6.45, 7) is 3.70. The summed E-state index contributed by atoms with van der Waals surface area (Å²) in [5.74, 6) is -1.51. The van der Waals surface area contributed by atoms with Gasteiger partial charge in [-0.2, -0.15) is 0 Å². The first-order valence-corrected chi connectivity index (χ1v) is 6.54. The number of carbonyl (C=O) groups excluding carboxylic acids is 1. The Bertz CT molecular complexity index is 448. The summed E-state index contributed by atoms with van der Waals surface area (Å²) in [6, 6.07) is 6.06. The highest BCUT2D eigenvalue weighted by Crippen LogP contribution is 2.16. The predicted octanol–water partition coefficient (Wildman–Crippen LogP) is 2.68. The molecular weight excluding hydrogens is 298 g/mol. The third-order valence-electron chi connectivity index (χ3n) is 2.88. The highest BCUT2D eigenvalue weighted by molar-refractivity contribution is 9.10. The molecular formula is C13H16BrNO3. The quantitative estimate of drug-likeness (QED) is 0.878. The van der Waals surface area contributed by atoms with Gasteiger partial charge in [0.05, 0.1) is 5.56 Å². The van der Waals surface area contributed by atoms with Crippen molar-refractivity contribution < 1.29 is 14.7 Å². The van der Waals surface area contributed by atoms with Gasteiger partial charge < -0.3 is 10.4 Å². The predicted molar refractivity (Wildman–Crippen MR) is 72.5 cm³/mol. The third-order valence-corrected chi connectivity index (χ3v) is 3.58. The molecule has 2 N–H and O–H groups in total. The van der Waals surface area contributed by atoms with Crippen LogP contribution in [0.25, 0.3) is 0 Å². The average Bonchev–Trinajstić information content (AvgIpc) is 2.35. The van der Waals surface area contributed by atoms with Gasteiger partial charge in [-0.05, 0) is 34.0 Å². The number of nitrogens with one attached hydrogen (secondary N) is 1. The van der Waals surface area contributed by atoms with Crippen molar-refractivity contribution in [2.24, 2.45) is 5.92 Å². The Kier molecular flexibility index (Phi) is 5.34. The lowest BCUT2D eigenvalue weighted by Gasteiger charge is -2.20. The maximum absolute atomic E-state index is 12.0. The number of aliphatic carboxylic acids is 1. The molecule has 0 saturated heterocycles. The monoisotopic (exact) mass is 313 g/mol. The number of hydrogen-bond donors (Lipinski definition) is 2. The van der Waals surface area contributed by atoms with Crippen LogP contribution in [0.4, 0.5) is 0 Å². The van der Waals surface area contributed by atoms with Crippen LogP contribution in [0.3, 0.4) is 0 Å². The van der Waals surface area contributed by atoms with Gasteiger partial charge in [0.1, 0.15) is 6.04 Å². The molecule has 0 spiro atoms. The summed E-state index contributed by atoms with van der Waals surface area (Å²) < 4.78 is 0.649. The minimum atomic E-state index is -1.01. The number of amides is 1. The van der Waals surface area contributed by atoms with E-state index in [1.165, 1.54) is 0 Å². The van der Waals surface area contributed by atoms with Gasteiger partial charge in [-0.1, -0.05) is 32.4 Å². The Morgan fingerprint density at radius 2 is 2.00 bits per heavy atom. The molecule has 1 aromatic rings. The van der Waals surface area contributed by atoms with Crippen molar-refractivity contribution in [3.63, 3.8) is 0 Å². The second-order valence-electron chi connectivity index (χ2n) is 4.15. The van der Waals surface area contributed by atoms with Gasteiger partial charge in [0.15, 0.2) is 0 Å². The zero-order valence-electron chi connectivity index (χ0n) is 10.3. The number of carboxylic acid groups (broad SMARTS) is 1. The molecule has 1 rings (SSSR count). The van der Waals surface area contributed by atoms with E-state index in [1.807, 2.05) is 6.92 Å². The first-order chi connectivity index (χ1) is 8.47. The Morgan fingerprint density at radius 1 is 1.39 bits per heavy atom. The number of benzene rings is 1. The zero-order chi connectivity index (χ0) is 13.7. The molecule has 0 bridgehead atoms. The van der Waals surface area contributed by atoms with Gasteiger partial charge in [0.25, 0.3) is 5.91 Å². The number of rotatable bonds is 5. The van der Waals surface area contributed by atoms with E-state index in [2.05, 4.69) is 21.2 Å². The molecule has 0 aromatic heterocycles. The van der Waals surface area contributed by atoms with Gasteiger partial charge in [-0.15, -0.1) is 0 Å². The van der Waals surface area contributed by atoms with Crippen molar-refractivity contribution in [1.82, 2.24) is 5.32 Å². The fourth-order valence-electron chi connectivity index (χ4n) is 1.55. The normalized spacial score (nSPS) is 13.7. The van der Waals surface area contributed by atoms with E-state index in [4.69, 9.17) is 5.11 Å². The Morgan fingerprint density at radius 3 is 2.50 bits per heavy atom. The van der Waals surface area contributed by atoms with Crippen molar-refractivity contribution in [1.29, 1.82) is 0 Å². The fourth-order valence-corrected chi connectivity index (χ4v) is 2.01. The maximum Gasteiger partial charge on any atom is 0.326 e. The molecule has 0 fully saturated rings.